The van der Waals surface area contributed by atoms with E-state index in [-0.39, 0.29) is 5.91 Å². The summed E-state index contributed by atoms with van der Waals surface area (Å²) in [6.45, 7) is 0. The maximum absolute atomic E-state index is 12.0. The van der Waals surface area contributed by atoms with Gasteiger partial charge in [0, 0.05) is 10.2 Å². The summed E-state index contributed by atoms with van der Waals surface area (Å²) < 4.78 is 0.971. The summed E-state index contributed by atoms with van der Waals surface area (Å²) in [6, 6.07) is 16.6. The Kier molecular flexibility index (Phi) is 4.71. The van der Waals surface area contributed by atoms with Crippen molar-refractivity contribution in [1.82, 2.24) is 0 Å². The van der Waals surface area contributed by atoms with Gasteiger partial charge < -0.3 is 11.1 Å². The summed E-state index contributed by atoms with van der Waals surface area (Å²) in [5, 5.41) is 2.80. The molecule has 0 heterocycles. The van der Waals surface area contributed by atoms with Crippen LogP contribution in [0.25, 0.3) is 0 Å². The third-order valence-electron chi connectivity index (χ3n) is 2.75. The number of benzene rings is 2. The molecular formula is C15H15BrN2O. The fraction of sp³-hybridized carbons (Fsp3) is 0.133. The van der Waals surface area contributed by atoms with Gasteiger partial charge in [-0.05, 0) is 36.2 Å². The summed E-state index contributed by atoms with van der Waals surface area (Å²) in [4.78, 5) is 12.0. The van der Waals surface area contributed by atoms with Crippen molar-refractivity contribution in [3.05, 3.63) is 64.6 Å². The molecule has 3 N–H and O–H groups in total. The highest BCUT2D eigenvalue weighted by molar-refractivity contribution is 9.10. The van der Waals surface area contributed by atoms with Gasteiger partial charge >= 0.3 is 0 Å². The largest absolute Gasteiger partial charge is 0.325 e. The van der Waals surface area contributed by atoms with E-state index >= 15 is 0 Å². The van der Waals surface area contributed by atoms with Crippen LogP contribution in [0.1, 0.15) is 5.56 Å². The second-order valence-electron chi connectivity index (χ2n) is 4.29. The predicted molar refractivity (Wildman–Crippen MR) is 80.9 cm³/mol. The number of halogens is 1. The van der Waals surface area contributed by atoms with Crippen LogP contribution >= 0.6 is 15.9 Å². The maximum atomic E-state index is 12.0. The van der Waals surface area contributed by atoms with Gasteiger partial charge in [-0.3, -0.25) is 4.79 Å². The van der Waals surface area contributed by atoms with Crippen molar-refractivity contribution < 1.29 is 4.79 Å². The summed E-state index contributed by atoms with van der Waals surface area (Å²) in [6.07, 6.45) is 0.531. The summed E-state index contributed by atoms with van der Waals surface area (Å²) >= 11 is 3.35. The van der Waals surface area contributed by atoms with Gasteiger partial charge in [-0.25, -0.2) is 0 Å². The van der Waals surface area contributed by atoms with E-state index in [2.05, 4.69) is 21.2 Å². The molecule has 1 atom stereocenters. The molecule has 98 valence electrons. The Bertz CT molecular complexity index is 540. The molecule has 0 saturated heterocycles. The van der Waals surface area contributed by atoms with E-state index in [0.717, 1.165) is 15.7 Å². The number of carbonyl (C=O) groups is 1. The fourth-order valence-electron chi connectivity index (χ4n) is 1.73. The SMILES string of the molecule is N[C@@H](Cc1ccccc1)C(=O)Nc1ccc(Br)cc1. The van der Waals surface area contributed by atoms with Crippen LogP contribution < -0.4 is 11.1 Å². The zero-order valence-corrected chi connectivity index (χ0v) is 11.9. The molecule has 19 heavy (non-hydrogen) atoms. The number of nitrogens with two attached hydrogens (primary N) is 1. The monoisotopic (exact) mass is 318 g/mol. The molecule has 2 aromatic carbocycles. The Labute approximate surface area is 121 Å². The van der Waals surface area contributed by atoms with E-state index in [0.29, 0.717) is 6.42 Å². The Morgan fingerprint density at radius 3 is 2.37 bits per heavy atom. The first-order chi connectivity index (χ1) is 9.15. The van der Waals surface area contributed by atoms with Gasteiger partial charge in [-0.15, -0.1) is 0 Å². The molecule has 0 radical (unpaired) electrons. The first-order valence-corrected chi connectivity index (χ1v) is 6.80. The molecule has 0 fully saturated rings. The van der Waals surface area contributed by atoms with Crippen LogP contribution in [0.2, 0.25) is 0 Å². The van der Waals surface area contributed by atoms with Gasteiger partial charge in [-0.1, -0.05) is 46.3 Å². The van der Waals surface area contributed by atoms with E-state index < -0.39 is 6.04 Å². The number of nitrogens with one attached hydrogen (secondary N) is 1. The zero-order valence-electron chi connectivity index (χ0n) is 10.3. The van der Waals surface area contributed by atoms with Crippen LogP contribution in [-0.4, -0.2) is 11.9 Å². The first kappa shape index (κ1) is 13.8. The lowest BCUT2D eigenvalue weighted by Gasteiger charge is -2.12. The molecule has 0 saturated carbocycles. The normalized spacial score (nSPS) is 11.9. The van der Waals surface area contributed by atoms with E-state index in [1.807, 2.05) is 54.6 Å². The van der Waals surface area contributed by atoms with Crippen molar-refractivity contribution in [2.24, 2.45) is 5.73 Å². The molecule has 0 aliphatic heterocycles. The Hall–Kier alpha value is -1.65. The smallest absolute Gasteiger partial charge is 0.241 e. The van der Waals surface area contributed by atoms with Gasteiger partial charge in [0.2, 0.25) is 5.91 Å². The average Bonchev–Trinajstić information content (AvgIpc) is 2.42. The number of rotatable bonds is 4. The van der Waals surface area contributed by atoms with E-state index in [1.54, 1.807) is 0 Å². The number of anilines is 1. The van der Waals surface area contributed by atoms with E-state index in [1.165, 1.54) is 0 Å². The van der Waals surface area contributed by atoms with Crippen LogP contribution in [0.3, 0.4) is 0 Å². The predicted octanol–water partition coefficient (Wildman–Crippen LogP) is 2.96. The van der Waals surface area contributed by atoms with Crippen LogP contribution in [0.5, 0.6) is 0 Å². The van der Waals surface area contributed by atoms with Crippen molar-refractivity contribution in [2.75, 3.05) is 5.32 Å². The molecule has 0 bridgehead atoms. The highest BCUT2D eigenvalue weighted by atomic mass is 79.9. The van der Waals surface area contributed by atoms with Crippen LogP contribution in [0.4, 0.5) is 5.69 Å². The van der Waals surface area contributed by atoms with Crippen molar-refractivity contribution >= 4 is 27.5 Å². The number of amides is 1. The van der Waals surface area contributed by atoms with Gasteiger partial charge in [0.15, 0.2) is 0 Å². The summed E-state index contributed by atoms with van der Waals surface area (Å²) in [5.74, 6) is -0.175. The number of carbonyl (C=O) groups excluding carboxylic acids is 1. The minimum absolute atomic E-state index is 0.175. The molecule has 0 spiro atoms. The van der Waals surface area contributed by atoms with Crippen molar-refractivity contribution in [3.8, 4) is 0 Å². The van der Waals surface area contributed by atoms with E-state index in [4.69, 9.17) is 5.73 Å². The van der Waals surface area contributed by atoms with Gasteiger partial charge in [0.1, 0.15) is 0 Å². The second-order valence-corrected chi connectivity index (χ2v) is 5.21. The van der Waals surface area contributed by atoms with Gasteiger partial charge in [0.05, 0.1) is 6.04 Å². The Morgan fingerprint density at radius 1 is 1.11 bits per heavy atom. The molecule has 0 aliphatic rings. The molecule has 2 aromatic rings. The van der Waals surface area contributed by atoms with Crippen LogP contribution in [0.15, 0.2) is 59.1 Å². The third kappa shape index (κ3) is 4.19. The molecule has 1 amide bonds. The molecular weight excluding hydrogens is 304 g/mol. The van der Waals surface area contributed by atoms with Crippen LogP contribution in [-0.2, 0) is 11.2 Å². The first-order valence-electron chi connectivity index (χ1n) is 6.01. The summed E-state index contributed by atoms with van der Waals surface area (Å²) in [7, 11) is 0. The Morgan fingerprint density at radius 2 is 1.74 bits per heavy atom. The molecule has 0 aliphatic carbocycles. The Balaban J connectivity index is 1.94. The molecule has 3 nitrogen and oxygen atoms in total. The number of hydrogen-bond acceptors (Lipinski definition) is 2. The highest BCUT2D eigenvalue weighted by Crippen LogP contribution is 2.14. The zero-order chi connectivity index (χ0) is 13.7. The average molecular weight is 319 g/mol. The molecule has 0 unspecified atom stereocenters. The molecule has 4 heteroatoms. The summed E-state index contributed by atoms with van der Waals surface area (Å²) in [5.41, 5.74) is 7.71. The lowest BCUT2D eigenvalue weighted by molar-refractivity contribution is -0.117. The molecule has 0 aromatic heterocycles. The van der Waals surface area contributed by atoms with Crippen molar-refractivity contribution in [3.63, 3.8) is 0 Å². The second kappa shape index (κ2) is 6.50. The van der Waals surface area contributed by atoms with Crippen molar-refractivity contribution in [2.45, 2.75) is 12.5 Å². The van der Waals surface area contributed by atoms with Crippen LogP contribution in [0, 0.1) is 0 Å². The lowest BCUT2D eigenvalue weighted by Crippen LogP contribution is -2.37. The maximum Gasteiger partial charge on any atom is 0.241 e. The standard InChI is InChI=1S/C15H15BrN2O/c16-12-6-8-13(9-7-12)18-15(19)14(17)10-11-4-2-1-3-5-11/h1-9,14H,10,17H2,(H,18,19)/t14-/m0/s1. The van der Waals surface area contributed by atoms with Gasteiger partial charge in [0.25, 0.3) is 0 Å². The number of hydrogen-bond donors (Lipinski definition) is 2. The highest BCUT2D eigenvalue weighted by Gasteiger charge is 2.13. The molecule has 2 rings (SSSR count). The topological polar surface area (TPSA) is 55.1 Å². The quantitative estimate of drug-likeness (QED) is 0.910. The van der Waals surface area contributed by atoms with Crippen molar-refractivity contribution in [1.29, 1.82) is 0 Å². The van der Waals surface area contributed by atoms with E-state index in [9.17, 15) is 4.79 Å². The third-order valence-corrected chi connectivity index (χ3v) is 3.28. The minimum atomic E-state index is -0.550. The minimum Gasteiger partial charge on any atom is -0.325 e. The van der Waals surface area contributed by atoms with Gasteiger partial charge in [-0.2, -0.15) is 0 Å². The lowest BCUT2D eigenvalue weighted by atomic mass is 10.1. The fourth-order valence-corrected chi connectivity index (χ4v) is 1.99.